The van der Waals surface area contributed by atoms with Gasteiger partial charge in [-0.3, -0.25) is 4.79 Å². The van der Waals surface area contributed by atoms with Crippen LogP contribution in [-0.2, 0) is 16.0 Å². The molecule has 3 rings (SSSR count). The fraction of sp³-hybridized carbons (Fsp3) is 0.333. The monoisotopic (exact) mass is 419 g/mol. The number of carbonyl (C=O) groups is 2. The SMILES string of the molecule is COc1ccc(CCNC(=O)[C@H](C)OC(=O)c2cc(Cl)c3c(c2)OCCO3)cc1. The second-order valence-electron chi connectivity index (χ2n) is 6.42. The van der Waals surface area contributed by atoms with Crippen LogP contribution in [0.3, 0.4) is 0 Å². The highest BCUT2D eigenvalue weighted by Gasteiger charge is 2.23. The zero-order chi connectivity index (χ0) is 20.8. The van der Waals surface area contributed by atoms with Gasteiger partial charge in [0.05, 0.1) is 17.7 Å². The Morgan fingerprint density at radius 2 is 1.90 bits per heavy atom. The summed E-state index contributed by atoms with van der Waals surface area (Å²) in [5, 5.41) is 3.01. The summed E-state index contributed by atoms with van der Waals surface area (Å²) >= 11 is 6.14. The predicted octanol–water partition coefficient (Wildman–Crippen LogP) is 3.02. The molecule has 2 aromatic carbocycles. The first-order valence-electron chi connectivity index (χ1n) is 9.18. The fourth-order valence-corrected chi connectivity index (χ4v) is 3.04. The van der Waals surface area contributed by atoms with E-state index in [1.54, 1.807) is 7.11 Å². The van der Waals surface area contributed by atoms with Crippen molar-refractivity contribution >= 4 is 23.5 Å². The molecule has 1 N–H and O–H groups in total. The minimum absolute atomic E-state index is 0.192. The molecule has 8 heteroatoms. The summed E-state index contributed by atoms with van der Waals surface area (Å²) in [7, 11) is 1.61. The number of amides is 1. The van der Waals surface area contributed by atoms with Gasteiger partial charge in [-0.1, -0.05) is 23.7 Å². The smallest absolute Gasteiger partial charge is 0.339 e. The van der Waals surface area contributed by atoms with Crippen molar-refractivity contribution in [3.63, 3.8) is 0 Å². The second-order valence-corrected chi connectivity index (χ2v) is 6.83. The van der Waals surface area contributed by atoms with E-state index in [0.717, 1.165) is 11.3 Å². The Kier molecular flexibility index (Phi) is 6.82. The lowest BCUT2D eigenvalue weighted by Gasteiger charge is -2.20. The number of benzene rings is 2. The van der Waals surface area contributed by atoms with E-state index in [2.05, 4.69) is 5.32 Å². The fourth-order valence-electron chi connectivity index (χ4n) is 2.78. The molecule has 1 aliphatic heterocycles. The lowest BCUT2D eigenvalue weighted by molar-refractivity contribution is -0.129. The molecule has 2 aromatic rings. The van der Waals surface area contributed by atoms with Gasteiger partial charge in [0.2, 0.25) is 0 Å². The van der Waals surface area contributed by atoms with Crippen LogP contribution >= 0.6 is 11.6 Å². The average Bonchev–Trinajstić information content (AvgIpc) is 2.74. The number of ether oxygens (including phenoxy) is 4. The molecule has 0 aliphatic carbocycles. The Balaban J connectivity index is 1.51. The molecule has 0 fully saturated rings. The van der Waals surface area contributed by atoms with E-state index in [1.807, 2.05) is 24.3 Å². The van der Waals surface area contributed by atoms with Crippen LogP contribution in [0.1, 0.15) is 22.8 Å². The largest absolute Gasteiger partial charge is 0.497 e. The predicted molar refractivity (Wildman–Crippen MR) is 107 cm³/mol. The van der Waals surface area contributed by atoms with E-state index in [1.165, 1.54) is 19.1 Å². The van der Waals surface area contributed by atoms with Crippen molar-refractivity contribution in [3.05, 3.63) is 52.5 Å². The second kappa shape index (κ2) is 9.52. The first-order chi connectivity index (χ1) is 14.0. The van der Waals surface area contributed by atoms with Crippen LogP contribution in [-0.4, -0.2) is 44.8 Å². The molecular weight excluding hydrogens is 398 g/mol. The van der Waals surface area contributed by atoms with Gasteiger partial charge < -0.3 is 24.3 Å². The highest BCUT2D eigenvalue weighted by atomic mass is 35.5. The van der Waals surface area contributed by atoms with Crippen LogP contribution in [0.25, 0.3) is 0 Å². The normalized spacial score (nSPS) is 13.3. The Labute approximate surface area is 173 Å². The molecule has 1 heterocycles. The molecule has 154 valence electrons. The van der Waals surface area contributed by atoms with Crippen molar-refractivity contribution in [2.45, 2.75) is 19.4 Å². The summed E-state index contributed by atoms with van der Waals surface area (Å²) in [5.74, 6) is 0.515. The summed E-state index contributed by atoms with van der Waals surface area (Å²) in [6.45, 7) is 2.70. The number of nitrogens with one attached hydrogen (secondary N) is 1. The number of carbonyl (C=O) groups excluding carboxylic acids is 2. The van der Waals surface area contributed by atoms with Crippen molar-refractivity contribution in [2.75, 3.05) is 26.9 Å². The summed E-state index contributed by atoms with van der Waals surface area (Å²) in [5.41, 5.74) is 1.25. The number of hydrogen-bond donors (Lipinski definition) is 1. The zero-order valence-corrected chi connectivity index (χ0v) is 17.0. The van der Waals surface area contributed by atoms with Gasteiger partial charge in [-0.15, -0.1) is 0 Å². The van der Waals surface area contributed by atoms with Crippen molar-refractivity contribution in [1.29, 1.82) is 0 Å². The number of fused-ring (bicyclic) bond motifs is 1. The Morgan fingerprint density at radius 3 is 2.62 bits per heavy atom. The maximum Gasteiger partial charge on any atom is 0.339 e. The average molecular weight is 420 g/mol. The third kappa shape index (κ3) is 5.32. The molecule has 0 radical (unpaired) electrons. The molecular formula is C21H22ClNO6. The standard InChI is InChI=1S/C21H22ClNO6/c1-13(20(24)23-8-7-14-3-5-16(26-2)6-4-14)29-21(25)15-11-17(22)19-18(12-15)27-9-10-28-19/h3-6,11-13H,7-10H2,1-2H3,(H,23,24)/t13-/m0/s1. The van der Waals surface area contributed by atoms with Crippen molar-refractivity contribution in [2.24, 2.45) is 0 Å². The molecule has 0 saturated heterocycles. The molecule has 7 nitrogen and oxygen atoms in total. The van der Waals surface area contributed by atoms with Gasteiger partial charge in [0.15, 0.2) is 17.6 Å². The van der Waals surface area contributed by atoms with Gasteiger partial charge in [0.25, 0.3) is 5.91 Å². The highest BCUT2D eigenvalue weighted by molar-refractivity contribution is 6.32. The van der Waals surface area contributed by atoms with Crippen molar-refractivity contribution in [3.8, 4) is 17.2 Å². The van der Waals surface area contributed by atoms with E-state index >= 15 is 0 Å². The third-order valence-corrected chi connectivity index (χ3v) is 4.64. The van der Waals surface area contributed by atoms with Crippen LogP contribution in [0, 0.1) is 0 Å². The van der Waals surface area contributed by atoms with Crippen LogP contribution in [0.2, 0.25) is 5.02 Å². The number of methoxy groups -OCH3 is 1. The molecule has 0 aromatic heterocycles. The minimum atomic E-state index is -0.953. The number of halogens is 1. The Hall–Kier alpha value is -2.93. The van der Waals surface area contributed by atoms with Crippen molar-refractivity contribution in [1.82, 2.24) is 5.32 Å². The molecule has 0 spiro atoms. The molecule has 0 bridgehead atoms. The highest BCUT2D eigenvalue weighted by Crippen LogP contribution is 2.38. The van der Waals surface area contributed by atoms with Gasteiger partial charge in [0, 0.05) is 6.54 Å². The topological polar surface area (TPSA) is 83.1 Å². The number of hydrogen-bond acceptors (Lipinski definition) is 6. The maximum atomic E-state index is 12.4. The van der Waals surface area contributed by atoms with E-state index < -0.39 is 12.1 Å². The van der Waals surface area contributed by atoms with Crippen LogP contribution in [0.15, 0.2) is 36.4 Å². The minimum Gasteiger partial charge on any atom is -0.497 e. The van der Waals surface area contributed by atoms with Crippen LogP contribution < -0.4 is 19.5 Å². The lowest BCUT2D eigenvalue weighted by atomic mass is 10.1. The molecule has 1 atom stereocenters. The first kappa shape index (κ1) is 20.8. The molecule has 0 saturated carbocycles. The Bertz CT molecular complexity index is 883. The van der Waals surface area contributed by atoms with Crippen molar-refractivity contribution < 1.29 is 28.5 Å². The summed E-state index contributed by atoms with van der Waals surface area (Å²) in [6.07, 6.45) is -0.306. The van der Waals surface area contributed by atoms with Crippen LogP contribution in [0.4, 0.5) is 0 Å². The number of esters is 1. The first-order valence-corrected chi connectivity index (χ1v) is 9.56. The lowest BCUT2D eigenvalue weighted by Crippen LogP contribution is -2.36. The molecule has 1 amide bonds. The van der Waals surface area contributed by atoms with E-state index in [0.29, 0.717) is 37.7 Å². The molecule has 0 unspecified atom stereocenters. The quantitative estimate of drug-likeness (QED) is 0.694. The van der Waals surface area contributed by atoms with Gasteiger partial charge in [-0.05, 0) is 43.2 Å². The van der Waals surface area contributed by atoms with E-state index in [4.69, 9.17) is 30.5 Å². The van der Waals surface area contributed by atoms with Gasteiger partial charge in [-0.25, -0.2) is 4.79 Å². The van der Waals surface area contributed by atoms with E-state index in [9.17, 15) is 9.59 Å². The summed E-state index contributed by atoms with van der Waals surface area (Å²) in [6, 6.07) is 10.5. The summed E-state index contributed by atoms with van der Waals surface area (Å²) < 4.78 is 21.2. The molecule has 29 heavy (non-hydrogen) atoms. The van der Waals surface area contributed by atoms with E-state index in [-0.39, 0.29) is 16.5 Å². The summed E-state index contributed by atoms with van der Waals surface area (Å²) in [4.78, 5) is 24.6. The van der Waals surface area contributed by atoms with Gasteiger partial charge >= 0.3 is 5.97 Å². The van der Waals surface area contributed by atoms with Gasteiger partial charge in [-0.2, -0.15) is 0 Å². The third-order valence-electron chi connectivity index (χ3n) is 4.36. The maximum absolute atomic E-state index is 12.4. The van der Waals surface area contributed by atoms with Crippen LogP contribution in [0.5, 0.6) is 17.2 Å². The number of rotatable bonds is 7. The zero-order valence-electron chi connectivity index (χ0n) is 16.2. The molecule has 1 aliphatic rings. The van der Waals surface area contributed by atoms with Gasteiger partial charge in [0.1, 0.15) is 19.0 Å². The Morgan fingerprint density at radius 1 is 1.17 bits per heavy atom.